The summed E-state index contributed by atoms with van der Waals surface area (Å²) >= 11 is 0. The van der Waals surface area contributed by atoms with E-state index in [1.54, 1.807) is 11.0 Å². The molecule has 1 heterocycles. The van der Waals surface area contributed by atoms with Gasteiger partial charge < -0.3 is 29.9 Å². The highest BCUT2D eigenvalue weighted by Crippen LogP contribution is 2.34. The lowest BCUT2D eigenvalue weighted by Crippen LogP contribution is -2.56. The second kappa shape index (κ2) is 9.02. The summed E-state index contributed by atoms with van der Waals surface area (Å²) in [5, 5.41) is 56.8. The summed E-state index contributed by atoms with van der Waals surface area (Å²) in [6.07, 6.45) is -0.437. The van der Waals surface area contributed by atoms with Crippen molar-refractivity contribution in [1.82, 2.24) is 4.90 Å². The molecule has 31 heavy (non-hydrogen) atoms. The number of rotatable bonds is 8. The smallest absolute Gasteiger partial charge is 0.451 e. The second-order valence-corrected chi connectivity index (χ2v) is 7.07. The minimum atomic E-state index is -1.58. The highest BCUT2D eigenvalue weighted by Gasteiger charge is 2.33. The van der Waals surface area contributed by atoms with Crippen LogP contribution in [0, 0.1) is 15.5 Å². The summed E-state index contributed by atoms with van der Waals surface area (Å²) in [5.41, 5.74) is 0.0931. The van der Waals surface area contributed by atoms with E-state index < -0.39 is 35.4 Å². The number of phenols is 1. The maximum absolute atomic E-state index is 11.6. The normalized spacial score (nSPS) is 13.4. The third-order valence-electron chi connectivity index (χ3n) is 4.90. The van der Waals surface area contributed by atoms with E-state index in [0.717, 1.165) is 0 Å². The monoisotopic (exact) mass is 429 g/mol. The number of aromatic hydroxyl groups is 1. The molecule has 0 aliphatic carbocycles. The van der Waals surface area contributed by atoms with Gasteiger partial charge in [0.15, 0.2) is 0 Å². The van der Waals surface area contributed by atoms with Crippen molar-refractivity contribution < 1.29 is 34.7 Å². The number of aryl methyl sites for hydroxylation is 1. The molecule has 1 aliphatic rings. The number of carboxylic acids is 1. The number of carboxylic acid groups (broad SMARTS) is 1. The summed E-state index contributed by atoms with van der Waals surface area (Å²) in [4.78, 5) is 23.6. The van der Waals surface area contributed by atoms with Gasteiger partial charge in [-0.2, -0.15) is 0 Å². The number of ether oxygens (including phenoxy) is 1. The first-order valence-corrected chi connectivity index (χ1v) is 9.36. The number of nitrogens with one attached hydrogen (secondary N) is 1. The topological polar surface area (TPSA) is 177 Å². The van der Waals surface area contributed by atoms with Gasteiger partial charge in [0, 0.05) is 17.7 Å². The second-order valence-electron chi connectivity index (χ2n) is 7.07. The maximum atomic E-state index is 11.6. The molecule has 2 aromatic rings. The van der Waals surface area contributed by atoms with E-state index in [2.05, 4.69) is 0 Å². The van der Waals surface area contributed by atoms with Crippen molar-refractivity contribution in [2.45, 2.75) is 18.8 Å². The van der Waals surface area contributed by atoms with Gasteiger partial charge in [-0.05, 0) is 24.4 Å². The lowest BCUT2D eigenvalue weighted by molar-refractivity contribution is -0.384. The van der Waals surface area contributed by atoms with Gasteiger partial charge in [-0.15, -0.1) is 0 Å². The van der Waals surface area contributed by atoms with Crippen molar-refractivity contribution >= 4 is 24.6 Å². The number of benzene rings is 2. The standard InChI is InChI=1S/C19H20BN3O8/c21-18(12-2-1-3-13(8-12)23(29)30)22-9-14(10-22)31-15-5-4-11(6-7-20(27)28)17(24)16(15)19(25)26/h1-5,8,14,21,24,27-28H,6-7,9-10H2,(H,25,26). The molecule has 0 atom stereocenters. The van der Waals surface area contributed by atoms with Gasteiger partial charge in [0.25, 0.3) is 5.69 Å². The molecule has 0 amide bonds. The zero-order valence-electron chi connectivity index (χ0n) is 16.3. The fourth-order valence-corrected chi connectivity index (χ4v) is 3.23. The molecule has 0 bridgehead atoms. The Kier molecular flexibility index (Phi) is 6.42. The van der Waals surface area contributed by atoms with Crippen molar-refractivity contribution in [3.05, 3.63) is 63.2 Å². The van der Waals surface area contributed by atoms with Crippen LogP contribution in [-0.4, -0.2) is 68.2 Å². The Labute approximate surface area is 176 Å². The zero-order chi connectivity index (χ0) is 22.7. The predicted molar refractivity (Wildman–Crippen MR) is 110 cm³/mol. The van der Waals surface area contributed by atoms with E-state index in [9.17, 15) is 25.1 Å². The number of hydrogen-bond donors (Lipinski definition) is 5. The molecule has 5 N–H and O–H groups in total. The van der Waals surface area contributed by atoms with Gasteiger partial charge in [0.05, 0.1) is 18.0 Å². The highest BCUT2D eigenvalue weighted by atomic mass is 16.6. The van der Waals surface area contributed by atoms with E-state index in [1.807, 2.05) is 0 Å². The summed E-state index contributed by atoms with van der Waals surface area (Å²) < 4.78 is 5.70. The molecule has 1 aliphatic heterocycles. The average Bonchev–Trinajstić information content (AvgIpc) is 2.68. The van der Waals surface area contributed by atoms with E-state index in [4.69, 9.17) is 20.2 Å². The van der Waals surface area contributed by atoms with Crippen LogP contribution < -0.4 is 4.74 Å². The van der Waals surface area contributed by atoms with E-state index >= 15 is 0 Å². The molecule has 0 spiro atoms. The first-order chi connectivity index (χ1) is 14.7. The number of nitro benzene ring substituents is 1. The maximum Gasteiger partial charge on any atom is 0.451 e. The number of aromatic carboxylic acids is 1. The van der Waals surface area contributed by atoms with Crippen molar-refractivity contribution in [2.24, 2.45) is 0 Å². The molecular formula is C19H20BN3O8. The average molecular weight is 429 g/mol. The molecule has 162 valence electrons. The Morgan fingerprint density at radius 1 is 1.29 bits per heavy atom. The van der Waals surface area contributed by atoms with Crippen LogP contribution in [0.5, 0.6) is 11.5 Å². The number of non-ortho nitro benzene ring substituents is 1. The number of amidine groups is 1. The molecule has 0 saturated carbocycles. The van der Waals surface area contributed by atoms with Crippen molar-refractivity contribution in [3.63, 3.8) is 0 Å². The molecule has 0 unspecified atom stereocenters. The molecule has 11 nitrogen and oxygen atoms in total. The summed E-state index contributed by atoms with van der Waals surface area (Å²) in [7, 11) is -1.58. The minimum Gasteiger partial charge on any atom is -0.507 e. The SMILES string of the molecule is N=C(c1cccc([N+](=O)[O-])c1)N1CC(Oc2ccc(CCB(O)O)c(O)c2C(=O)O)C1. The third kappa shape index (κ3) is 4.93. The molecule has 0 aromatic heterocycles. The zero-order valence-corrected chi connectivity index (χ0v) is 16.3. The van der Waals surface area contributed by atoms with Crippen molar-refractivity contribution in [3.8, 4) is 11.5 Å². The van der Waals surface area contributed by atoms with E-state index in [-0.39, 0.29) is 48.7 Å². The number of carbonyl (C=O) groups is 1. The molecule has 2 aromatic carbocycles. The largest absolute Gasteiger partial charge is 0.507 e. The van der Waals surface area contributed by atoms with Gasteiger partial charge in [-0.25, -0.2) is 4.79 Å². The fourth-order valence-electron chi connectivity index (χ4n) is 3.23. The van der Waals surface area contributed by atoms with Crippen LogP contribution in [0.1, 0.15) is 21.5 Å². The highest BCUT2D eigenvalue weighted by molar-refractivity contribution is 6.41. The number of likely N-dealkylation sites (tertiary alicyclic amines) is 1. The first-order valence-electron chi connectivity index (χ1n) is 9.36. The van der Waals surface area contributed by atoms with Crippen LogP contribution >= 0.6 is 0 Å². The third-order valence-corrected chi connectivity index (χ3v) is 4.90. The molecule has 12 heteroatoms. The van der Waals surface area contributed by atoms with Crippen LogP contribution in [0.15, 0.2) is 36.4 Å². The van der Waals surface area contributed by atoms with Gasteiger partial charge in [0.2, 0.25) is 0 Å². The molecular weight excluding hydrogens is 409 g/mol. The van der Waals surface area contributed by atoms with Crippen LogP contribution in [0.25, 0.3) is 0 Å². The predicted octanol–water partition coefficient (Wildman–Crippen LogP) is 1.10. The van der Waals surface area contributed by atoms with Gasteiger partial charge in [0.1, 0.15) is 29.0 Å². The quantitative estimate of drug-likeness (QED) is 0.135. The van der Waals surface area contributed by atoms with E-state index in [0.29, 0.717) is 5.56 Å². The van der Waals surface area contributed by atoms with Crippen LogP contribution in [-0.2, 0) is 6.42 Å². The molecule has 0 radical (unpaired) electrons. The molecule has 1 saturated heterocycles. The van der Waals surface area contributed by atoms with Crippen LogP contribution in [0.4, 0.5) is 5.69 Å². The summed E-state index contributed by atoms with van der Waals surface area (Å²) in [5.74, 6) is -1.84. The van der Waals surface area contributed by atoms with Gasteiger partial charge >= 0.3 is 13.1 Å². The minimum absolute atomic E-state index is 0.0372. The van der Waals surface area contributed by atoms with E-state index in [1.165, 1.54) is 30.3 Å². The number of hydrogen-bond acceptors (Lipinski definition) is 8. The Bertz CT molecular complexity index is 1020. The molecule has 3 rings (SSSR count). The van der Waals surface area contributed by atoms with Crippen LogP contribution in [0.2, 0.25) is 6.32 Å². The summed E-state index contributed by atoms with van der Waals surface area (Å²) in [6.45, 7) is 0.527. The van der Waals surface area contributed by atoms with Crippen LogP contribution in [0.3, 0.4) is 0 Å². The Hall–Kier alpha value is -3.64. The lowest BCUT2D eigenvalue weighted by atomic mass is 9.82. The Balaban J connectivity index is 1.67. The first kappa shape index (κ1) is 22.1. The lowest BCUT2D eigenvalue weighted by Gasteiger charge is -2.40. The Morgan fingerprint density at radius 2 is 2.00 bits per heavy atom. The Morgan fingerprint density at radius 3 is 2.61 bits per heavy atom. The number of nitrogens with zero attached hydrogens (tertiary/aromatic N) is 2. The fraction of sp³-hybridized carbons (Fsp3) is 0.263. The number of nitro groups is 1. The van der Waals surface area contributed by atoms with Gasteiger partial charge in [-0.1, -0.05) is 18.2 Å². The van der Waals surface area contributed by atoms with Crippen molar-refractivity contribution in [2.75, 3.05) is 13.1 Å². The summed E-state index contributed by atoms with van der Waals surface area (Å²) in [6, 6.07) is 8.59. The van der Waals surface area contributed by atoms with Gasteiger partial charge in [-0.3, -0.25) is 15.5 Å². The van der Waals surface area contributed by atoms with Crippen molar-refractivity contribution in [1.29, 1.82) is 5.41 Å². The molecule has 1 fully saturated rings.